The first-order valence-corrected chi connectivity index (χ1v) is 2.83. The third kappa shape index (κ3) is 1.26. The zero-order chi connectivity index (χ0) is 6.85. The first kappa shape index (κ1) is 6.21. The van der Waals surface area contributed by atoms with Gasteiger partial charge in [-0.15, -0.1) is 0 Å². The highest BCUT2D eigenvalue weighted by atomic mass is 79.9. The molecule has 0 aliphatic carbocycles. The van der Waals surface area contributed by atoms with Crippen LogP contribution in [0.3, 0.4) is 0 Å². The molecule has 1 aromatic rings. The smallest absolute Gasteiger partial charge is 0.193 e. The molecule has 0 aliphatic heterocycles. The lowest BCUT2D eigenvalue weighted by atomic mass is 10.6. The molecule has 0 fully saturated rings. The van der Waals surface area contributed by atoms with E-state index in [-0.39, 0.29) is 5.82 Å². The fourth-order valence-corrected chi connectivity index (χ4v) is 0.600. The van der Waals surface area contributed by atoms with E-state index in [4.69, 9.17) is 5.41 Å². The maximum absolute atomic E-state index is 10.2. The largest absolute Gasteiger partial charge is 0.856 e. The molecule has 1 rings (SSSR count). The van der Waals surface area contributed by atoms with Crippen molar-refractivity contribution in [1.82, 2.24) is 15.2 Å². The van der Waals surface area contributed by atoms with E-state index in [1.54, 1.807) is 0 Å². The highest BCUT2D eigenvalue weighted by Gasteiger charge is 1.95. The summed E-state index contributed by atoms with van der Waals surface area (Å²) in [4.78, 5) is 3.52. The molecule has 0 saturated heterocycles. The summed E-state index contributed by atoms with van der Waals surface area (Å²) in [6, 6.07) is 0. The molecule has 2 N–H and O–H groups in total. The molecular formula is C3H2BrN4O-. The van der Waals surface area contributed by atoms with Crippen LogP contribution in [-0.4, -0.2) is 21.1 Å². The van der Waals surface area contributed by atoms with E-state index in [1.807, 2.05) is 0 Å². The van der Waals surface area contributed by atoms with Crippen LogP contribution in [0.4, 0.5) is 0 Å². The zero-order valence-electron chi connectivity index (χ0n) is 4.18. The molecule has 0 atom stereocenters. The van der Waals surface area contributed by atoms with Crippen molar-refractivity contribution in [1.29, 1.82) is 5.41 Å². The minimum Gasteiger partial charge on any atom is -0.856 e. The van der Waals surface area contributed by atoms with Crippen LogP contribution in [0.25, 0.3) is 0 Å². The second-order valence-electron chi connectivity index (χ2n) is 1.28. The van der Waals surface area contributed by atoms with Crippen molar-refractivity contribution < 1.29 is 5.11 Å². The molecule has 0 unspecified atom stereocenters. The van der Waals surface area contributed by atoms with Gasteiger partial charge in [-0.3, -0.25) is 5.10 Å². The van der Waals surface area contributed by atoms with Crippen molar-refractivity contribution in [3.63, 3.8) is 0 Å². The van der Waals surface area contributed by atoms with E-state index >= 15 is 0 Å². The standard InChI is InChI=1S/C3H3BrN4O/c4-3-6-2(1(5)9)7-8-3/h(H2,5,9)(H,6,7,8)/p-1. The van der Waals surface area contributed by atoms with Crippen LogP contribution < -0.4 is 5.11 Å². The summed E-state index contributed by atoms with van der Waals surface area (Å²) >= 11 is 2.94. The molecule has 0 spiro atoms. The molecule has 0 aromatic carbocycles. The average molecular weight is 190 g/mol. The lowest BCUT2D eigenvalue weighted by Gasteiger charge is -1.96. The van der Waals surface area contributed by atoms with Gasteiger partial charge in [0.2, 0.25) is 0 Å². The van der Waals surface area contributed by atoms with E-state index in [9.17, 15) is 5.11 Å². The maximum Gasteiger partial charge on any atom is 0.193 e. The fraction of sp³-hybridized carbons (Fsp3) is 0. The van der Waals surface area contributed by atoms with Crippen LogP contribution in [-0.2, 0) is 0 Å². The van der Waals surface area contributed by atoms with Crippen LogP contribution in [0.2, 0.25) is 0 Å². The molecule has 1 aromatic heterocycles. The van der Waals surface area contributed by atoms with Crippen molar-refractivity contribution in [2.45, 2.75) is 0 Å². The summed E-state index contributed by atoms with van der Waals surface area (Å²) in [5, 5.41) is 22.4. The van der Waals surface area contributed by atoms with Gasteiger partial charge in [-0.2, -0.15) is 5.10 Å². The molecule has 9 heavy (non-hydrogen) atoms. The van der Waals surface area contributed by atoms with E-state index in [0.717, 1.165) is 0 Å². The molecule has 0 saturated carbocycles. The lowest BCUT2D eigenvalue weighted by Crippen LogP contribution is -2.18. The van der Waals surface area contributed by atoms with Gasteiger partial charge in [0.05, 0.1) is 0 Å². The van der Waals surface area contributed by atoms with Crippen molar-refractivity contribution in [3.05, 3.63) is 10.6 Å². The van der Waals surface area contributed by atoms with Gasteiger partial charge in [0.1, 0.15) is 0 Å². The predicted molar refractivity (Wildman–Crippen MR) is 30.9 cm³/mol. The Kier molecular flexibility index (Phi) is 1.48. The van der Waals surface area contributed by atoms with E-state index in [0.29, 0.717) is 4.73 Å². The summed E-state index contributed by atoms with van der Waals surface area (Å²) in [5.41, 5.74) is 0. The minimum absolute atomic E-state index is 0.123. The Morgan fingerprint density at radius 2 is 2.44 bits per heavy atom. The van der Waals surface area contributed by atoms with E-state index in [2.05, 4.69) is 31.1 Å². The zero-order valence-corrected chi connectivity index (χ0v) is 5.77. The molecule has 6 heteroatoms. The van der Waals surface area contributed by atoms with Gasteiger partial charge in [0.15, 0.2) is 10.6 Å². The molecule has 0 aliphatic rings. The first-order valence-electron chi connectivity index (χ1n) is 2.04. The SMILES string of the molecule is N=C([O-])c1n[nH]c(Br)n1. The number of nitrogens with one attached hydrogen (secondary N) is 2. The van der Waals surface area contributed by atoms with E-state index in [1.165, 1.54) is 0 Å². The third-order valence-corrected chi connectivity index (χ3v) is 1.02. The topological polar surface area (TPSA) is 88.5 Å². The van der Waals surface area contributed by atoms with E-state index < -0.39 is 5.90 Å². The van der Waals surface area contributed by atoms with Crippen LogP contribution in [0, 0.1) is 5.41 Å². The number of aromatic amines is 1. The second-order valence-corrected chi connectivity index (χ2v) is 2.03. The number of rotatable bonds is 1. The van der Waals surface area contributed by atoms with Gasteiger partial charge >= 0.3 is 0 Å². The molecule has 48 valence electrons. The molecule has 5 nitrogen and oxygen atoms in total. The van der Waals surface area contributed by atoms with Gasteiger partial charge in [0.25, 0.3) is 0 Å². The Morgan fingerprint density at radius 3 is 2.67 bits per heavy atom. The molecule has 0 bridgehead atoms. The normalized spacial score (nSPS) is 9.44. The summed E-state index contributed by atoms with van der Waals surface area (Å²) in [7, 11) is 0. The Hall–Kier alpha value is -0.910. The predicted octanol–water partition coefficient (Wildman–Crippen LogP) is -0.747. The number of halogens is 1. The van der Waals surface area contributed by atoms with Crippen LogP contribution in [0.5, 0.6) is 0 Å². The number of nitrogens with zero attached hydrogens (tertiary/aromatic N) is 2. The monoisotopic (exact) mass is 189 g/mol. The van der Waals surface area contributed by atoms with Gasteiger partial charge < -0.3 is 10.5 Å². The molecule has 0 amide bonds. The number of hydrogen-bond acceptors (Lipinski definition) is 4. The van der Waals surface area contributed by atoms with Gasteiger partial charge in [-0.05, 0) is 15.9 Å². The van der Waals surface area contributed by atoms with Gasteiger partial charge in [-0.1, -0.05) is 0 Å². The van der Waals surface area contributed by atoms with Crippen molar-refractivity contribution in [2.24, 2.45) is 0 Å². The first-order chi connectivity index (χ1) is 4.20. The average Bonchev–Trinajstić information content (AvgIpc) is 2.14. The quantitative estimate of drug-likeness (QED) is 0.451. The minimum atomic E-state index is -0.892. The summed E-state index contributed by atoms with van der Waals surface area (Å²) < 4.78 is 0.359. The summed E-state index contributed by atoms with van der Waals surface area (Å²) in [6.45, 7) is 0. The summed E-state index contributed by atoms with van der Waals surface area (Å²) in [6.07, 6.45) is 0. The van der Waals surface area contributed by atoms with Crippen LogP contribution >= 0.6 is 15.9 Å². The second kappa shape index (κ2) is 2.14. The molecule has 1 heterocycles. The highest BCUT2D eigenvalue weighted by Crippen LogP contribution is 1.98. The third-order valence-electron chi connectivity index (χ3n) is 0.661. The molecular weight excluding hydrogens is 188 g/mol. The maximum atomic E-state index is 10.2. The highest BCUT2D eigenvalue weighted by molar-refractivity contribution is 9.10. The number of hydrogen-bond donors (Lipinski definition) is 2. The Balaban J connectivity index is 2.98. The van der Waals surface area contributed by atoms with Crippen molar-refractivity contribution >= 4 is 21.8 Å². The van der Waals surface area contributed by atoms with Crippen molar-refractivity contribution in [3.8, 4) is 0 Å². The summed E-state index contributed by atoms with van der Waals surface area (Å²) in [5.74, 6) is -1.01. The lowest BCUT2D eigenvalue weighted by molar-refractivity contribution is -0.215. The fourth-order valence-electron chi connectivity index (χ4n) is 0.344. The van der Waals surface area contributed by atoms with Crippen molar-refractivity contribution in [2.75, 3.05) is 0 Å². The number of aromatic nitrogens is 3. The molecule has 0 radical (unpaired) electrons. The van der Waals surface area contributed by atoms with Crippen LogP contribution in [0.15, 0.2) is 4.73 Å². The van der Waals surface area contributed by atoms with Gasteiger partial charge in [-0.25, -0.2) is 4.98 Å². The Morgan fingerprint density at radius 1 is 1.78 bits per heavy atom. The Labute approximate surface area is 58.8 Å². The van der Waals surface area contributed by atoms with Gasteiger partial charge in [0, 0.05) is 5.90 Å². The Bertz CT molecular complexity index is 231. The van der Waals surface area contributed by atoms with Crippen LogP contribution in [0.1, 0.15) is 5.82 Å². The number of H-pyrrole nitrogens is 1.